The molecule has 0 radical (unpaired) electrons. The first kappa shape index (κ1) is 16.3. The maximum absolute atomic E-state index is 12.5. The van der Waals surface area contributed by atoms with Gasteiger partial charge in [-0.25, -0.2) is 9.97 Å². The molecule has 2 heterocycles. The van der Waals surface area contributed by atoms with Gasteiger partial charge >= 0.3 is 0 Å². The van der Waals surface area contributed by atoms with Gasteiger partial charge in [0.1, 0.15) is 0 Å². The van der Waals surface area contributed by atoms with Gasteiger partial charge < -0.3 is 5.32 Å². The van der Waals surface area contributed by atoms with Gasteiger partial charge in [0, 0.05) is 40.4 Å². The smallest absolute Gasteiger partial charge is 0.255 e. The van der Waals surface area contributed by atoms with E-state index in [1.807, 2.05) is 48.0 Å². The highest BCUT2D eigenvalue weighted by molar-refractivity contribution is 6.30. The molecule has 0 saturated heterocycles. The second-order valence-electron chi connectivity index (χ2n) is 5.94. The molecule has 4 rings (SSSR count). The van der Waals surface area contributed by atoms with E-state index in [-0.39, 0.29) is 5.91 Å². The van der Waals surface area contributed by atoms with Crippen LogP contribution >= 0.6 is 11.6 Å². The van der Waals surface area contributed by atoms with E-state index in [4.69, 9.17) is 11.6 Å². The number of aromatic nitrogens is 3. The van der Waals surface area contributed by atoms with E-state index in [1.54, 1.807) is 30.5 Å². The molecule has 0 aliphatic rings. The van der Waals surface area contributed by atoms with Crippen molar-refractivity contribution in [3.05, 3.63) is 83.3 Å². The highest BCUT2D eigenvalue weighted by Crippen LogP contribution is 2.25. The lowest BCUT2D eigenvalue weighted by atomic mass is 10.1. The Hall–Kier alpha value is -3.18. The van der Waals surface area contributed by atoms with E-state index in [2.05, 4.69) is 15.3 Å². The van der Waals surface area contributed by atoms with E-state index in [1.165, 1.54) is 0 Å². The molecule has 0 bridgehead atoms. The lowest BCUT2D eigenvalue weighted by molar-refractivity contribution is 0.102. The first-order chi connectivity index (χ1) is 12.6. The Kier molecular flexibility index (Phi) is 4.14. The first-order valence-corrected chi connectivity index (χ1v) is 8.45. The molecule has 6 heteroatoms. The SMILES string of the molecule is Cc1ccc(-c2cn3cccnc3n2)cc1NC(=O)c1ccc(Cl)cc1. The Morgan fingerprint density at radius 3 is 2.73 bits per heavy atom. The third kappa shape index (κ3) is 3.17. The fourth-order valence-corrected chi connectivity index (χ4v) is 2.81. The molecular weight excluding hydrogens is 348 g/mol. The minimum absolute atomic E-state index is 0.182. The molecule has 0 aliphatic carbocycles. The number of aryl methyl sites for hydroxylation is 1. The number of nitrogens with one attached hydrogen (secondary N) is 1. The van der Waals surface area contributed by atoms with Crippen LogP contribution in [0.15, 0.2) is 67.1 Å². The van der Waals surface area contributed by atoms with Gasteiger partial charge in [-0.2, -0.15) is 0 Å². The average molecular weight is 363 g/mol. The quantitative estimate of drug-likeness (QED) is 0.579. The van der Waals surface area contributed by atoms with Crippen molar-refractivity contribution in [2.75, 3.05) is 5.32 Å². The molecule has 128 valence electrons. The van der Waals surface area contributed by atoms with Crippen LogP contribution in [-0.2, 0) is 0 Å². The van der Waals surface area contributed by atoms with E-state index in [9.17, 15) is 4.79 Å². The van der Waals surface area contributed by atoms with Crippen molar-refractivity contribution >= 4 is 29.0 Å². The van der Waals surface area contributed by atoms with Gasteiger partial charge in [0.05, 0.1) is 5.69 Å². The van der Waals surface area contributed by atoms with Gasteiger partial charge in [-0.05, 0) is 48.9 Å². The molecule has 26 heavy (non-hydrogen) atoms. The summed E-state index contributed by atoms with van der Waals surface area (Å²) in [5.41, 5.74) is 3.97. The Morgan fingerprint density at radius 1 is 1.15 bits per heavy atom. The van der Waals surface area contributed by atoms with Crippen LogP contribution in [0.1, 0.15) is 15.9 Å². The van der Waals surface area contributed by atoms with E-state index in [0.717, 1.165) is 22.5 Å². The maximum atomic E-state index is 12.5. The minimum atomic E-state index is -0.182. The highest BCUT2D eigenvalue weighted by Gasteiger charge is 2.11. The van der Waals surface area contributed by atoms with Gasteiger partial charge in [0.25, 0.3) is 5.91 Å². The van der Waals surface area contributed by atoms with Crippen molar-refractivity contribution < 1.29 is 4.79 Å². The number of hydrogen-bond acceptors (Lipinski definition) is 3. The molecule has 5 nitrogen and oxygen atoms in total. The monoisotopic (exact) mass is 362 g/mol. The molecule has 2 aromatic carbocycles. The van der Waals surface area contributed by atoms with Crippen LogP contribution in [0, 0.1) is 6.92 Å². The molecule has 0 saturated carbocycles. The molecule has 1 amide bonds. The van der Waals surface area contributed by atoms with Crippen LogP contribution < -0.4 is 5.32 Å². The largest absolute Gasteiger partial charge is 0.322 e. The van der Waals surface area contributed by atoms with Gasteiger partial charge in [-0.1, -0.05) is 23.7 Å². The minimum Gasteiger partial charge on any atom is -0.322 e. The maximum Gasteiger partial charge on any atom is 0.255 e. The normalized spacial score (nSPS) is 10.8. The zero-order valence-corrected chi connectivity index (χ0v) is 14.7. The molecule has 4 aromatic rings. The summed E-state index contributed by atoms with van der Waals surface area (Å²) in [6.07, 6.45) is 5.52. The van der Waals surface area contributed by atoms with E-state index >= 15 is 0 Å². The number of amides is 1. The molecule has 2 aromatic heterocycles. The number of hydrogen-bond donors (Lipinski definition) is 1. The molecule has 0 fully saturated rings. The zero-order chi connectivity index (χ0) is 18.1. The summed E-state index contributed by atoms with van der Waals surface area (Å²) >= 11 is 5.88. The van der Waals surface area contributed by atoms with Gasteiger partial charge in [0.2, 0.25) is 5.78 Å². The Labute approximate surface area is 155 Å². The van der Waals surface area contributed by atoms with E-state index in [0.29, 0.717) is 16.4 Å². The second kappa shape index (κ2) is 6.61. The third-order valence-corrected chi connectivity index (χ3v) is 4.38. The Bertz CT molecular complexity index is 1070. The average Bonchev–Trinajstić information content (AvgIpc) is 3.08. The summed E-state index contributed by atoms with van der Waals surface area (Å²) in [5.74, 6) is 0.452. The highest BCUT2D eigenvalue weighted by atomic mass is 35.5. The predicted octanol–water partition coefficient (Wildman–Crippen LogP) is 4.61. The fourth-order valence-electron chi connectivity index (χ4n) is 2.68. The number of anilines is 1. The summed E-state index contributed by atoms with van der Waals surface area (Å²) in [6, 6.07) is 14.5. The molecule has 0 aliphatic heterocycles. The number of imidazole rings is 1. The number of nitrogens with zero attached hydrogens (tertiary/aromatic N) is 3. The fraction of sp³-hybridized carbons (Fsp3) is 0.0500. The van der Waals surface area contributed by atoms with Gasteiger partial charge in [0.15, 0.2) is 0 Å². The first-order valence-electron chi connectivity index (χ1n) is 8.08. The van der Waals surface area contributed by atoms with Crippen molar-refractivity contribution in [3.8, 4) is 11.3 Å². The van der Waals surface area contributed by atoms with Crippen LogP contribution in [0.25, 0.3) is 17.0 Å². The van der Waals surface area contributed by atoms with E-state index < -0.39 is 0 Å². The number of benzene rings is 2. The number of rotatable bonds is 3. The summed E-state index contributed by atoms with van der Waals surface area (Å²) in [6.45, 7) is 1.95. The number of carbonyl (C=O) groups is 1. The van der Waals surface area contributed by atoms with Crippen molar-refractivity contribution in [1.82, 2.24) is 14.4 Å². The molecular formula is C20H15ClN4O. The number of fused-ring (bicyclic) bond motifs is 1. The topological polar surface area (TPSA) is 59.3 Å². The van der Waals surface area contributed by atoms with Crippen LogP contribution in [0.4, 0.5) is 5.69 Å². The van der Waals surface area contributed by atoms with Crippen molar-refractivity contribution in [3.63, 3.8) is 0 Å². The summed E-state index contributed by atoms with van der Waals surface area (Å²) in [4.78, 5) is 21.2. The predicted molar refractivity (Wildman–Crippen MR) is 103 cm³/mol. The van der Waals surface area contributed by atoms with Crippen LogP contribution in [0.2, 0.25) is 5.02 Å². The molecule has 1 N–H and O–H groups in total. The lowest BCUT2D eigenvalue weighted by Crippen LogP contribution is -2.12. The molecule has 0 atom stereocenters. The standard InChI is InChI=1S/C20H15ClN4O/c1-13-3-4-15(18-12-25-10-2-9-22-20(25)24-18)11-17(13)23-19(26)14-5-7-16(21)8-6-14/h2-12H,1H3,(H,23,26). The Balaban J connectivity index is 1.65. The second-order valence-corrected chi connectivity index (χ2v) is 6.38. The van der Waals surface area contributed by atoms with Crippen LogP contribution in [0.3, 0.4) is 0 Å². The number of halogens is 1. The summed E-state index contributed by atoms with van der Waals surface area (Å²) < 4.78 is 1.86. The van der Waals surface area contributed by atoms with Crippen molar-refractivity contribution in [2.45, 2.75) is 6.92 Å². The Morgan fingerprint density at radius 2 is 1.96 bits per heavy atom. The lowest BCUT2D eigenvalue weighted by Gasteiger charge is -2.10. The molecule has 0 unspecified atom stereocenters. The van der Waals surface area contributed by atoms with Crippen LogP contribution in [0.5, 0.6) is 0 Å². The molecule has 0 spiro atoms. The van der Waals surface area contributed by atoms with Gasteiger partial charge in [-0.15, -0.1) is 0 Å². The zero-order valence-electron chi connectivity index (χ0n) is 14.0. The summed E-state index contributed by atoms with van der Waals surface area (Å²) in [7, 11) is 0. The third-order valence-electron chi connectivity index (χ3n) is 4.12. The van der Waals surface area contributed by atoms with Crippen molar-refractivity contribution in [2.24, 2.45) is 0 Å². The number of carbonyl (C=O) groups excluding carboxylic acids is 1. The van der Waals surface area contributed by atoms with Crippen molar-refractivity contribution in [1.29, 1.82) is 0 Å². The summed E-state index contributed by atoms with van der Waals surface area (Å²) in [5, 5.41) is 3.56. The van der Waals surface area contributed by atoms with Crippen LogP contribution in [-0.4, -0.2) is 20.3 Å². The van der Waals surface area contributed by atoms with Gasteiger partial charge in [-0.3, -0.25) is 9.20 Å².